The van der Waals surface area contributed by atoms with Gasteiger partial charge in [0, 0.05) is 31.4 Å². The van der Waals surface area contributed by atoms with Crippen molar-refractivity contribution in [3.05, 3.63) is 23.8 Å². The van der Waals surface area contributed by atoms with Crippen molar-refractivity contribution in [3.8, 4) is 0 Å². The zero-order chi connectivity index (χ0) is 11.1. The van der Waals surface area contributed by atoms with E-state index in [-0.39, 0.29) is 5.91 Å². The van der Waals surface area contributed by atoms with Crippen LogP contribution in [0.3, 0.4) is 0 Å². The first-order chi connectivity index (χ1) is 7.74. The summed E-state index contributed by atoms with van der Waals surface area (Å²) in [5.74, 6) is 0.704. The van der Waals surface area contributed by atoms with Gasteiger partial charge in [0.15, 0.2) is 0 Å². The first-order valence-corrected chi connectivity index (χ1v) is 5.90. The van der Waals surface area contributed by atoms with E-state index in [9.17, 15) is 4.79 Å². The van der Waals surface area contributed by atoms with Gasteiger partial charge in [-0.15, -0.1) is 0 Å². The van der Waals surface area contributed by atoms with E-state index in [1.54, 1.807) is 6.92 Å². The number of amides is 1. The van der Waals surface area contributed by atoms with Gasteiger partial charge >= 0.3 is 0 Å². The summed E-state index contributed by atoms with van der Waals surface area (Å²) in [6.45, 7) is 3.93. The van der Waals surface area contributed by atoms with Crippen molar-refractivity contribution in [2.45, 2.75) is 25.7 Å². The first-order valence-electron chi connectivity index (χ1n) is 5.90. The molecule has 3 heteroatoms. The van der Waals surface area contributed by atoms with Crippen molar-refractivity contribution in [1.29, 1.82) is 0 Å². The van der Waals surface area contributed by atoms with Crippen molar-refractivity contribution in [3.63, 3.8) is 0 Å². The van der Waals surface area contributed by atoms with Gasteiger partial charge in [-0.25, -0.2) is 0 Å². The molecule has 1 aromatic carbocycles. The summed E-state index contributed by atoms with van der Waals surface area (Å²) in [6, 6.07) is 6.29. The molecular weight excluding hydrogens is 200 g/mol. The van der Waals surface area contributed by atoms with Gasteiger partial charge in [0.25, 0.3) is 0 Å². The maximum absolute atomic E-state index is 11.0. The molecule has 16 heavy (non-hydrogen) atoms. The Morgan fingerprint density at radius 1 is 1.38 bits per heavy atom. The molecule has 3 aliphatic rings. The number of carbonyl (C=O) groups excluding carboxylic acids is 1. The van der Waals surface area contributed by atoms with Crippen LogP contribution in [0.4, 0.5) is 11.4 Å². The Bertz CT molecular complexity index is 434. The Balaban J connectivity index is 1.98. The fraction of sp³-hybridized carbons (Fsp3) is 0.462. The molecule has 4 rings (SSSR count). The topological polar surface area (TPSA) is 32.3 Å². The second-order valence-corrected chi connectivity index (χ2v) is 4.72. The van der Waals surface area contributed by atoms with Gasteiger partial charge in [-0.1, -0.05) is 0 Å². The van der Waals surface area contributed by atoms with E-state index in [2.05, 4.69) is 22.3 Å². The Hall–Kier alpha value is -1.51. The summed E-state index contributed by atoms with van der Waals surface area (Å²) in [5.41, 5.74) is 3.72. The SMILES string of the molecule is CC(=O)Nc1ccc2c(c1)C1CCN2CC1. The number of hydrogen-bond donors (Lipinski definition) is 1. The molecule has 1 N–H and O–H groups in total. The number of nitrogens with one attached hydrogen (secondary N) is 1. The lowest BCUT2D eigenvalue weighted by Crippen LogP contribution is -2.38. The number of rotatable bonds is 1. The highest BCUT2D eigenvalue weighted by molar-refractivity contribution is 5.89. The molecule has 0 aliphatic carbocycles. The molecule has 0 spiro atoms. The summed E-state index contributed by atoms with van der Waals surface area (Å²) >= 11 is 0. The molecule has 2 bridgehead atoms. The third kappa shape index (κ3) is 1.47. The molecule has 1 amide bonds. The second kappa shape index (κ2) is 3.51. The number of carbonyl (C=O) groups is 1. The van der Waals surface area contributed by atoms with Crippen LogP contribution in [-0.2, 0) is 4.79 Å². The highest BCUT2D eigenvalue weighted by Gasteiger charge is 2.30. The summed E-state index contributed by atoms with van der Waals surface area (Å²) in [6.07, 6.45) is 2.52. The first kappa shape index (κ1) is 9.70. The van der Waals surface area contributed by atoms with Gasteiger partial charge in [-0.2, -0.15) is 0 Å². The predicted octanol–water partition coefficient (Wildman–Crippen LogP) is 2.34. The standard InChI is InChI=1S/C13H16N2O/c1-9(16)14-11-2-3-13-12(8-11)10-4-6-15(13)7-5-10/h2-3,8,10H,4-7H2,1H3,(H,14,16). The summed E-state index contributed by atoms with van der Waals surface area (Å²) in [7, 11) is 0. The maximum atomic E-state index is 11.0. The molecule has 3 nitrogen and oxygen atoms in total. The summed E-state index contributed by atoms with van der Waals surface area (Å²) in [5, 5.41) is 2.86. The predicted molar refractivity (Wildman–Crippen MR) is 64.9 cm³/mol. The molecule has 1 saturated heterocycles. The molecule has 3 heterocycles. The zero-order valence-electron chi connectivity index (χ0n) is 9.49. The lowest BCUT2D eigenvalue weighted by atomic mass is 9.83. The largest absolute Gasteiger partial charge is 0.371 e. The number of hydrogen-bond acceptors (Lipinski definition) is 2. The van der Waals surface area contributed by atoms with Crippen LogP contribution in [0.5, 0.6) is 0 Å². The van der Waals surface area contributed by atoms with Crippen LogP contribution in [0.25, 0.3) is 0 Å². The van der Waals surface area contributed by atoms with Crippen LogP contribution in [0.1, 0.15) is 31.2 Å². The number of fused-ring (bicyclic) bond motifs is 2. The van der Waals surface area contributed by atoms with Crippen LogP contribution in [0.15, 0.2) is 18.2 Å². The minimum absolute atomic E-state index is 0.00113. The van der Waals surface area contributed by atoms with Crippen LogP contribution >= 0.6 is 0 Å². The Kier molecular flexibility index (Phi) is 2.13. The monoisotopic (exact) mass is 216 g/mol. The Morgan fingerprint density at radius 3 is 2.81 bits per heavy atom. The molecule has 0 unspecified atom stereocenters. The van der Waals surface area contributed by atoms with Crippen molar-refractivity contribution in [2.75, 3.05) is 23.3 Å². The molecule has 1 aromatic rings. The fourth-order valence-corrected chi connectivity index (χ4v) is 2.88. The van der Waals surface area contributed by atoms with Gasteiger partial charge in [-0.3, -0.25) is 4.79 Å². The van der Waals surface area contributed by atoms with Crippen LogP contribution in [0.2, 0.25) is 0 Å². The molecule has 1 fully saturated rings. The molecule has 84 valence electrons. The van der Waals surface area contributed by atoms with Crippen LogP contribution in [-0.4, -0.2) is 19.0 Å². The summed E-state index contributed by atoms with van der Waals surface area (Å²) in [4.78, 5) is 13.5. The zero-order valence-corrected chi connectivity index (χ0v) is 9.49. The van der Waals surface area contributed by atoms with Gasteiger partial charge in [0.1, 0.15) is 0 Å². The van der Waals surface area contributed by atoms with E-state index in [4.69, 9.17) is 0 Å². The van der Waals surface area contributed by atoms with Gasteiger partial charge in [-0.05, 0) is 42.5 Å². The molecule has 0 radical (unpaired) electrons. The Labute approximate surface area is 95.4 Å². The van der Waals surface area contributed by atoms with Crippen molar-refractivity contribution in [1.82, 2.24) is 0 Å². The molecule has 3 aliphatic heterocycles. The second-order valence-electron chi connectivity index (χ2n) is 4.72. The number of piperidine rings is 1. The maximum Gasteiger partial charge on any atom is 0.221 e. The van der Waals surface area contributed by atoms with Gasteiger partial charge in [0.05, 0.1) is 0 Å². The highest BCUT2D eigenvalue weighted by atomic mass is 16.1. The van der Waals surface area contributed by atoms with Crippen molar-refractivity contribution in [2.24, 2.45) is 0 Å². The van der Waals surface area contributed by atoms with E-state index in [0.717, 1.165) is 5.69 Å². The molecule has 0 aromatic heterocycles. The number of nitrogens with zero attached hydrogens (tertiary/aromatic N) is 1. The normalized spacial score (nSPS) is 18.4. The fourth-order valence-electron chi connectivity index (χ4n) is 2.88. The molecule has 0 saturated carbocycles. The van der Waals surface area contributed by atoms with Crippen molar-refractivity contribution >= 4 is 17.3 Å². The van der Waals surface area contributed by atoms with Gasteiger partial charge in [0.2, 0.25) is 5.91 Å². The minimum Gasteiger partial charge on any atom is -0.371 e. The lowest BCUT2D eigenvalue weighted by molar-refractivity contribution is -0.114. The van der Waals surface area contributed by atoms with Crippen molar-refractivity contribution < 1.29 is 4.79 Å². The van der Waals surface area contributed by atoms with E-state index >= 15 is 0 Å². The van der Waals surface area contributed by atoms with E-state index in [0.29, 0.717) is 5.92 Å². The van der Waals surface area contributed by atoms with Crippen LogP contribution < -0.4 is 10.2 Å². The number of benzene rings is 1. The average molecular weight is 216 g/mol. The summed E-state index contributed by atoms with van der Waals surface area (Å²) < 4.78 is 0. The van der Waals surface area contributed by atoms with E-state index in [1.165, 1.54) is 37.2 Å². The minimum atomic E-state index is 0.00113. The number of anilines is 2. The molecule has 0 atom stereocenters. The van der Waals surface area contributed by atoms with Crippen LogP contribution in [0, 0.1) is 0 Å². The van der Waals surface area contributed by atoms with E-state index < -0.39 is 0 Å². The highest BCUT2D eigenvalue weighted by Crippen LogP contribution is 2.42. The van der Waals surface area contributed by atoms with Gasteiger partial charge < -0.3 is 10.2 Å². The molecular formula is C13H16N2O. The third-order valence-corrected chi connectivity index (χ3v) is 3.62. The smallest absolute Gasteiger partial charge is 0.221 e. The Morgan fingerprint density at radius 2 is 2.12 bits per heavy atom. The third-order valence-electron chi connectivity index (χ3n) is 3.62. The lowest BCUT2D eigenvalue weighted by Gasteiger charge is -2.42. The van der Waals surface area contributed by atoms with E-state index in [1.807, 2.05) is 6.07 Å². The quantitative estimate of drug-likeness (QED) is 0.781. The average Bonchev–Trinajstić information content (AvgIpc) is 2.29.